The van der Waals surface area contributed by atoms with Gasteiger partial charge in [-0.3, -0.25) is 0 Å². The molecule has 100 valence electrons. The van der Waals surface area contributed by atoms with E-state index in [0.717, 1.165) is 5.01 Å². The van der Waals surface area contributed by atoms with E-state index in [9.17, 15) is 4.79 Å². The number of aromatic nitrogens is 2. The van der Waals surface area contributed by atoms with E-state index >= 15 is 0 Å². The molecule has 0 aromatic carbocycles. The molecule has 0 bridgehead atoms. The van der Waals surface area contributed by atoms with Gasteiger partial charge < -0.3 is 10.4 Å². The average molecular weight is 277 g/mol. The molecule has 2 aromatic heterocycles. The number of carbonyl (C=O) groups is 1. The summed E-state index contributed by atoms with van der Waals surface area (Å²) in [7, 11) is 0. The first-order valence-corrected chi connectivity index (χ1v) is 6.67. The van der Waals surface area contributed by atoms with Crippen LogP contribution in [0.25, 0.3) is 0 Å². The standard InChI is InChI=1S/C13H15N3O2S/c1-8-9(11(17)18)4-5-10(15-8)16-13(2,3)12-14-6-7-19-12/h4-7H,1-3H3,(H,15,16)(H,17,18). The highest BCUT2D eigenvalue weighted by Gasteiger charge is 2.23. The van der Waals surface area contributed by atoms with Gasteiger partial charge in [-0.15, -0.1) is 11.3 Å². The average Bonchev–Trinajstić information content (AvgIpc) is 2.81. The summed E-state index contributed by atoms with van der Waals surface area (Å²) in [5, 5.41) is 15.1. The second-order valence-corrected chi connectivity index (χ2v) is 5.62. The summed E-state index contributed by atoms with van der Waals surface area (Å²) in [6.45, 7) is 5.70. The molecule has 0 aliphatic carbocycles. The second-order valence-electron chi connectivity index (χ2n) is 4.72. The number of hydrogen-bond donors (Lipinski definition) is 2. The SMILES string of the molecule is Cc1nc(NC(C)(C)c2nccs2)ccc1C(=O)O. The van der Waals surface area contributed by atoms with Gasteiger partial charge in [0.2, 0.25) is 0 Å². The van der Waals surface area contributed by atoms with Crippen molar-refractivity contribution in [2.45, 2.75) is 26.3 Å². The Morgan fingerprint density at radius 3 is 2.68 bits per heavy atom. The number of anilines is 1. The van der Waals surface area contributed by atoms with Crippen LogP contribution in [0.3, 0.4) is 0 Å². The van der Waals surface area contributed by atoms with Crippen molar-refractivity contribution in [1.29, 1.82) is 0 Å². The van der Waals surface area contributed by atoms with Gasteiger partial charge in [0, 0.05) is 11.6 Å². The molecule has 0 amide bonds. The Balaban J connectivity index is 2.25. The fraction of sp³-hybridized carbons (Fsp3) is 0.308. The van der Waals surface area contributed by atoms with Crippen LogP contribution >= 0.6 is 11.3 Å². The van der Waals surface area contributed by atoms with Crippen LogP contribution < -0.4 is 5.32 Å². The van der Waals surface area contributed by atoms with E-state index < -0.39 is 5.97 Å². The topological polar surface area (TPSA) is 75.1 Å². The van der Waals surface area contributed by atoms with E-state index in [0.29, 0.717) is 11.5 Å². The Morgan fingerprint density at radius 2 is 2.16 bits per heavy atom. The molecule has 5 nitrogen and oxygen atoms in total. The molecule has 0 saturated carbocycles. The lowest BCUT2D eigenvalue weighted by molar-refractivity contribution is 0.0695. The van der Waals surface area contributed by atoms with Crippen molar-refractivity contribution in [3.8, 4) is 0 Å². The van der Waals surface area contributed by atoms with Crippen LogP contribution in [0.4, 0.5) is 5.82 Å². The predicted molar refractivity (Wildman–Crippen MR) is 74.7 cm³/mol. The Kier molecular flexibility index (Phi) is 3.53. The van der Waals surface area contributed by atoms with E-state index in [2.05, 4.69) is 15.3 Å². The molecule has 2 aromatic rings. The summed E-state index contributed by atoms with van der Waals surface area (Å²) in [5.74, 6) is -0.321. The Morgan fingerprint density at radius 1 is 1.42 bits per heavy atom. The van der Waals surface area contributed by atoms with Crippen molar-refractivity contribution in [3.63, 3.8) is 0 Å². The van der Waals surface area contributed by atoms with Crippen LogP contribution in [0.1, 0.15) is 34.9 Å². The van der Waals surface area contributed by atoms with Crippen LogP contribution in [-0.4, -0.2) is 21.0 Å². The summed E-state index contributed by atoms with van der Waals surface area (Å²) in [6, 6.07) is 3.23. The second kappa shape index (κ2) is 4.97. The number of pyridine rings is 1. The van der Waals surface area contributed by atoms with Crippen molar-refractivity contribution in [2.75, 3.05) is 5.32 Å². The van der Waals surface area contributed by atoms with E-state index in [1.165, 1.54) is 0 Å². The fourth-order valence-corrected chi connectivity index (χ4v) is 2.48. The number of carboxylic acids is 1. The molecule has 19 heavy (non-hydrogen) atoms. The highest BCUT2D eigenvalue weighted by Crippen LogP contribution is 2.26. The first-order valence-electron chi connectivity index (χ1n) is 5.79. The summed E-state index contributed by atoms with van der Waals surface area (Å²) >= 11 is 1.57. The number of thiazole rings is 1. The molecule has 0 aliphatic heterocycles. The van der Waals surface area contributed by atoms with Crippen molar-refractivity contribution >= 4 is 23.1 Å². The third-order valence-electron chi connectivity index (χ3n) is 2.72. The number of rotatable bonds is 4. The first kappa shape index (κ1) is 13.5. The Labute approximate surface area is 115 Å². The minimum Gasteiger partial charge on any atom is -0.478 e. The Hall–Kier alpha value is -1.95. The van der Waals surface area contributed by atoms with Crippen LogP contribution in [0.15, 0.2) is 23.7 Å². The van der Waals surface area contributed by atoms with Gasteiger partial charge in [-0.05, 0) is 32.9 Å². The molecule has 0 atom stereocenters. The van der Waals surface area contributed by atoms with Gasteiger partial charge in [-0.1, -0.05) is 0 Å². The van der Waals surface area contributed by atoms with Crippen LogP contribution in [0, 0.1) is 6.92 Å². The third kappa shape index (κ3) is 2.90. The van der Waals surface area contributed by atoms with Gasteiger partial charge in [0.15, 0.2) is 0 Å². The monoisotopic (exact) mass is 277 g/mol. The molecule has 0 spiro atoms. The maximum atomic E-state index is 10.9. The number of carboxylic acid groups (broad SMARTS) is 1. The van der Waals surface area contributed by atoms with Crippen molar-refractivity contribution in [3.05, 3.63) is 40.0 Å². The number of aromatic carboxylic acids is 1. The van der Waals surface area contributed by atoms with E-state index in [1.807, 2.05) is 19.2 Å². The zero-order valence-electron chi connectivity index (χ0n) is 11.0. The highest BCUT2D eigenvalue weighted by molar-refractivity contribution is 7.09. The summed E-state index contributed by atoms with van der Waals surface area (Å²) < 4.78 is 0. The molecule has 0 fully saturated rings. The molecule has 0 aliphatic rings. The molecule has 2 rings (SSSR count). The summed E-state index contributed by atoms with van der Waals surface area (Å²) in [5.41, 5.74) is 0.364. The molecule has 0 unspecified atom stereocenters. The van der Waals surface area contributed by atoms with Gasteiger partial charge in [0.1, 0.15) is 10.8 Å². The minimum atomic E-state index is -0.962. The van der Waals surface area contributed by atoms with Gasteiger partial charge >= 0.3 is 5.97 Å². The van der Waals surface area contributed by atoms with Crippen LogP contribution in [0.5, 0.6) is 0 Å². The maximum Gasteiger partial charge on any atom is 0.337 e. The van der Waals surface area contributed by atoms with E-state index in [-0.39, 0.29) is 11.1 Å². The molecule has 6 heteroatoms. The maximum absolute atomic E-state index is 10.9. The van der Waals surface area contributed by atoms with Crippen molar-refractivity contribution < 1.29 is 9.90 Å². The van der Waals surface area contributed by atoms with Crippen LogP contribution in [-0.2, 0) is 5.54 Å². The predicted octanol–water partition coefficient (Wildman–Crippen LogP) is 2.89. The molecular weight excluding hydrogens is 262 g/mol. The number of nitrogens with zero attached hydrogens (tertiary/aromatic N) is 2. The number of nitrogens with one attached hydrogen (secondary N) is 1. The summed E-state index contributed by atoms with van der Waals surface area (Å²) in [6.07, 6.45) is 1.76. The van der Waals surface area contributed by atoms with Gasteiger partial charge in [0.05, 0.1) is 16.8 Å². The number of aryl methyl sites for hydroxylation is 1. The number of hydrogen-bond acceptors (Lipinski definition) is 5. The van der Waals surface area contributed by atoms with Crippen molar-refractivity contribution in [1.82, 2.24) is 9.97 Å². The molecule has 0 radical (unpaired) electrons. The Bertz CT molecular complexity index is 594. The molecule has 2 heterocycles. The van der Waals surface area contributed by atoms with E-state index in [4.69, 9.17) is 5.11 Å². The molecular formula is C13H15N3O2S. The zero-order valence-corrected chi connectivity index (χ0v) is 11.8. The van der Waals surface area contributed by atoms with Crippen LogP contribution in [0.2, 0.25) is 0 Å². The lowest BCUT2D eigenvalue weighted by Crippen LogP contribution is -2.28. The molecule has 0 saturated heterocycles. The largest absolute Gasteiger partial charge is 0.478 e. The summed E-state index contributed by atoms with van der Waals surface area (Å²) in [4.78, 5) is 19.5. The van der Waals surface area contributed by atoms with Crippen molar-refractivity contribution in [2.24, 2.45) is 0 Å². The smallest absolute Gasteiger partial charge is 0.337 e. The third-order valence-corrected chi connectivity index (χ3v) is 3.82. The zero-order chi connectivity index (χ0) is 14.0. The van der Waals surface area contributed by atoms with Gasteiger partial charge in [-0.25, -0.2) is 14.8 Å². The normalized spacial score (nSPS) is 11.3. The van der Waals surface area contributed by atoms with Gasteiger partial charge in [0.25, 0.3) is 0 Å². The lowest BCUT2D eigenvalue weighted by atomic mass is 10.1. The van der Waals surface area contributed by atoms with E-state index in [1.54, 1.807) is 36.6 Å². The quantitative estimate of drug-likeness (QED) is 0.898. The van der Waals surface area contributed by atoms with Gasteiger partial charge in [-0.2, -0.15) is 0 Å². The fourth-order valence-electron chi connectivity index (χ4n) is 1.76. The highest BCUT2D eigenvalue weighted by atomic mass is 32.1. The molecule has 2 N–H and O–H groups in total. The first-order chi connectivity index (χ1) is 8.90. The minimum absolute atomic E-state index is 0.220. The lowest BCUT2D eigenvalue weighted by Gasteiger charge is -2.24.